The van der Waals surface area contributed by atoms with Gasteiger partial charge in [-0.2, -0.15) is 0 Å². The van der Waals surface area contributed by atoms with Crippen LogP contribution in [-0.2, 0) is 23.7 Å². The van der Waals surface area contributed by atoms with Crippen LogP contribution < -0.4 is 41.9 Å². The molecule has 0 saturated carbocycles. The molecule has 0 amide bonds. The molecule has 8 bridgehead atoms. The maximum absolute atomic E-state index is 8.25. The molecule has 9 rings (SSSR count). The predicted octanol–water partition coefficient (Wildman–Crippen LogP) is 4.91. The van der Waals surface area contributed by atoms with Gasteiger partial charge in [0.15, 0.2) is 0 Å². The van der Waals surface area contributed by atoms with E-state index in [1.807, 2.05) is 0 Å². The van der Waals surface area contributed by atoms with E-state index in [0.29, 0.717) is 0 Å². The van der Waals surface area contributed by atoms with Crippen molar-refractivity contribution in [2.24, 2.45) is 11.8 Å². The standard InChI is InChI=1S/C32H26N8.O.Ti/c1-2-10-18-17(9-1)25-33-26(18)38-28-21-13-5-6-14-22(21)30(35-28)40-32-24-16-8-7-15-23(24)31(36-32)39-29-20-12-4-3-11-19(20)27(34-29)37-25;;/h1-17,23,25,31,33,36-40H;;/q-2;;+2. The van der Waals surface area contributed by atoms with E-state index in [4.69, 9.17) is 13.3 Å². The number of hydrogen-bond donors (Lipinski definition) is 6. The van der Waals surface area contributed by atoms with Crippen LogP contribution in [0.25, 0.3) is 21.5 Å². The first-order chi connectivity index (χ1) is 20.8. The van der Waals surface area contributed by atoms with Gasteiger partial charge in [0.25, 0.3) is 0 Å². The molecule has 6 N–H and O–H groups in total. The molecule has 4 atom stereocenters. The summed E-state index contributed by atoms with van der Waals surface area (Å²) in [6.45, 7) is 0. The van der Waals surface area contributed by atoms with Crippen molar-refractivity contribution in [2.45, 2.75) is 12.3 Å². The van der Waals surface area contributed by atoms with E-state index in [-0.39, 0.29) is 24.2 Å². The molecule has 4 unspecified atom stereocenters. The monoisotopic (exact) mass is 586 g/mol. The number of anilines is 4. The molecule has 3 aliphatic heterocycles. The molecule has 4 aromatic rings. The minimum atomic E-state index is -0.0764. The quantitative estimate of drug-likeness (QED) is 0.160. The number of benzene rings is 2. The van der Waals surface area contributed by atoms with Gasteiger partial charge in [-0.1, -0.05) is 97.1 Å². The number of aromatic nitrogens is 2. The summed E-state index contributed by atoms with van der Waals surface area (Å²) in [4.78, 5) is 10.2. The van der Waals surface area contributed by atoms with E-state index in [1.54, 1.807) is 0 Å². The Balaban J connectivity index is 0.00000131. The fourth-order valence-corrected chi connectivity index (χ4v) is 6.52. The Hall–Kier alpha value is -4.73. The third kappa shape index (κ3) is 3.89. The molecule has 5 aliphatic rings. The van der Waals surface area contributed by atoms with E-state index < -0.39 is 0 Å². The predicted molar refractivity (Wildman–Crippen MR) is 161 cm³/mol. The molecule has 5 heterocycles. The zero-order chi connectivity index (χ0) is 28.2. The van der Waals surface area contributed by atoms with E-state index in [2.05, 4.69) is 129 Å². The zero-order valence-electron chi connectivity index (χ0n) is 22.3. The molecule has 0 radical (unpaired) electrons. The topological polar surface area (TPSA) is 117 Å². The van der Waals surface area contributed by atoms with Gasteiger partial charge in [0, 0.05) is 35.1 Å². The molecule has 0 spiro atoms. The first-order valence-electron chi connectivity index (χ1n) is 13.9. The molecule has 42 heavy (non-hydrogen) atoms. The summed E-state index contributed by atoms with van der Waals surface area (Å²) in [6, 6.07) is 16.7. The zero-order valence-corrected chi connectivity index (χ0v) is 23.9. The van der Waals surface area contributed by atoms with Crippen LogP contribution in [0, 0.1) is 11.8 Å². The van der Waals surface area contributed by atoms with Gasteiger partial charge < -0.3 is 41.9 Å². The Kier molecular flexibility index (Phi) is 5.94. The van der Waals surface area contributed by atoms with E-state index in [1.165, 1.54) is 11.1 Å². The molecule has 2 aliphatic carbocycles. The van der Waals surface area contributed by atoms with Gasteiger partial charge in [0.05, 0.1) is 24.0 Å². The Morgan fingerprint density at radius 3 is 1.38 bits per heavy atom. The van der Waals surface area contributed by atoms with Gasteiger partial charge in [-0.3, -0.25) is 0 Å². The number of hydrogen-bond acceptors (Lipinski definition) is 7. The molecule has 0 fully saturated rings. The minimum absolute atomic E-state index is 0.0764. The molecule has 204 valence electrons. The average molecular weight is 586 g/mol. The summed E-state index contributed by atoms with van der Waals surface area (Å²) in [5.41, 5.74) is 2.38. The van der Waals surface area contributed by atoms with Crippen LogP contribution in [0.2, 0.25) is 0 Å². The van der Waals surface area contributed by atoms with Gasteiger partial charge >= 0.3 is 23.7 Å². The van der Waals surface area contributed by atoms with Gasteiger partial charge in [0.1, 0.15) is 0 Å². The van der Waals surface area contributed by atoms with Crippen LogP contribution in [-0.4, -0.2) is 12.3 Å². The van der Waals surface area contributed by atoms with Crippen LogP contribution in [0.1, 0.15) is 0 Å². The molecular formula is C32H26N8OTi. The Morgan fingerprint density at radius 1 is 0.524 bits per heavy atom. The van der Waals surface area contributed by atoms with Gasteiger partial charge in [-0.05, 0) is 32.7 Å². The van der Waals surface area contributed by atoms with Crippen molar-refractivity contribution in [2.75, 3.05) is 21.3 Å². The molecule has 2 aromatic heterocycles. The van der Waals surface area contributed by atoms with Gasteiger partial charge in [-0.15, -0.1) is 0 Å². The van der Waals surface area contributed by atoms with Gasteiger partial charge in [-0.25, -0.2) is 0 Å². The van der Waals surface area contributed by atoms with Crippen LogP contribution in [0.15, 0.2) is 120 Å². The summed E-state index contributed by atoms with van der Waals surface area (Å²) in [5.74, 6) is 5.51. The van der Waals surface area contributed by atoms with Crippen molar-refractivity contribution in [3.63, 3.8) is 0 Å². The first kappa shape index (κ1) is 25.0. The molecular weight excluding hydrogens is 560 g/mol. The fourth-order valence-electron chi connectivity index (χ4n) is 6.52. The Morgan fingerprint density at radius 2 is 0.929 bits per heavy atom. The van der Waals surface area contributed by atoms with Gasteiger partial charge in [0.2, 0.25) is 0 Å². The second-order valence-electron chi connectivity index (χ2n) is 10.7. The normalized spacial score (nSPS) is 24.5. The van der Waals surface area contributed by atoms with Crippen LogP contribution in [0.4, 0.5) is 23.3 Å². The van der Waals surface area contributed by atoms with Crippen molar-refractivity contribution in [3.05, 3.63) is 120 Å². The third-order valence-electron chi connectivity index (χ3n) is 8.42. The van der Waals surface area contributed by atoms with Crippen molar-refractivity contribution in [1.82, 2.24) is 20.6 Å². The van der Waals surface area contributed by atoms with Crippen LogP contribution in [0.3, 0.4) is 0 Å². The third-order valence-corrected chi connectivity index (χ3v) is 8.42. The van der Waals surface area contributed by atoms with Crippen molar-refractivity contribution in [3.8, 4) is 0 Å². The fraction of sp³-hybridized carbons (Fsp3) is 0.125. The maximum atomic E-state index is 8.25. The van der Waals surface area contributed by atoms with E-state index in [9.17, 15) is 0 Å². The number of allylic oxidation sites excluding steroid dienone is 6. The number of nitrogens with zero attached hydrogens (tertiary/aromatic N) is 2. The summed E-state index contributed by atoms with van der Waals surface area (Å²) in [7, 11) is 0. The molecule has 0 saturated heterocycles. The Labute approximate surface area is 253 Å². The molecule has 2 aromatic carbocycles. The summed E-state index contributed by atoms with van der Waals surface area (Å²) in [6.07, 6.45) is 17.0. The first-order valence-corrected chi connectivity index (χ1v) is 14.5. The number of nitrogens with one attached hydrogen (secondary N) is 6. The molecule has 9 nitrogen and oxygen atoms in total. The van der Waals surface area contributed by atoms with Crippen molar-refractivity contribution < 1.29 is 23.7 Å². The van der Waals surface area contributed by atoms with E-state index >= 15 is 0 Å². The Bertz CT molecular complexity index is 1790. The SMILES string of the molecule is C1=CC2=C3Nc4[n-]c(c5ccccc45)NC4=C5C=CC=CC5C(N4)Nc4[n-]c(c5ccccc45)NC(N3)C2C=C1.[O]=[Ti+2]. The van der Waals surface area contributed by atoms with Crippen LogP contribution >= 0.6 is 0 Å². The number of fused-ring (bicyclic) bond motifs is 18. The van der Waals surface area contributed by atoms with E-state index in [0.717, 1.165) is 76.9 Å². The summed E-state index contributed by atoms with van der Waals surface area (Å²) < 4.78 is 8.25. The van der Waals surface area contributed by atoms with Crippen molar-refractivity contribution in [1.29, 1.82) is 0 Å². The average Bonchev–Trinajstić information content (AvgIpc) is 3.78. The van der Waals surface area contributed by atoms with Crippen LogP contribution in [0.5, 0.6) is 0 Å². The second kappa shape index (κ2) is 9.97. The summed E-state index contributed by atoms with van der Waals surface area (Å²) in [5, 5.41) is 26.5. The summed E-state index contributed by atoms with van der Waals surface area (Å²) >= 11 is 0.750. The number of rotatable bonds is 0. The second-order valence-corrected chi connectivity index (χ2v) is 10.7. The molecule has 10 heteroatoms. The van der Waals surface area contributed by atoms with Crippen molar-refractivity contribution >= 4 is 44.8 Å².